The number of allylic oxidation sites excluding steroid dienone is 2. The van der Waals surface area contributed by atoms with E-state index in [1.54, 1.807) is 18.2 Å². The first-order valence-corrected chi connectivity index (χ1v) is 11.4. The second-order valence-electron chi connectivity index (χ2n) is 8.98. The summed E-state index contributed by atoms with van der Waals surface area (Å²) in [6.45, 7) is 0. The van der Waals surface area contributed by atoms with Crippen LogP contribution in [0.15, 0.2) is 103 Å². The molecule has 4 aromatic carbocycles. The molecule has 2 unspecified atom stereocenters. The molecule has 1 aliphatic heterocycles. The Kier molecular flexibility index (Phi) is 4.06. The maximum absolute atomic E-state index is 14.3. The van der Waals surface area contributed by atoms with Gasteiger partial charge in [-0.15, -0.1) is 0 Å². The number of H-pyrrole nitrogens is 1. The zero-order valence-corrected chi connectivity index (χ0v) is 18.2. The van der Waals surface area contributed by atoms with E-state index in [1.165, 1.54) is 29.0 Å². The largest absolute Gasteiger partial charge is 0.355 e. The van der Waals surface area contributed by atoms with Crippen LogP contribution in [0.25, 0.3) is 27.4 Å². The molecule has 164 valence electrons. The summed E-state index contributed by atoms with van der Waals surface area (Å²) in [4.78, 5) is 5.58. The number of para-hydroxylation sites is 1. The molecule has 0 bridgehead atoms. The van der Waals surface area contributed by atoms with E-state index in [0.29, 0.717) is 0 Å². The van der Waals surface area contributed by atoms with Gasteiger partial charge in [0.05, 0.1) is 6.04 Å². The molecule has 2 aliphatic rings. The lowest BCUT2D eigenvalue weighted by atomic mass is 9.86. The molecular weight excluding hydrogens is 426 g/mol. The highest BCUT2D eigenvalue weighted by atomic mass is 19.1. The van der Waals surface area contributed by atoms with Gasteiger partial charge in [-0.1, -0.05) is 48.6 Å². The van der Waals surface area contributed by atoms with E-state index in [9.17, 15) is 8.78 Å². The Balaban J connectivity index is 1.36. The number of hydrogen-bond donors (Lipinski definition) is 1. The Morgan fingerprint density at radius 3 is 2.50 bits per heavy atom. The van der Waals surface area contributed by atoms with Crippen LogP contribution in [0.3, 0.4) is 0 Å². The van der Waals surface area contributed by atoms with Crippen LogP contribution in [-0.4, -0.2) is 11.0 Å². The molecule has 1 aliphatic carbocycles. The SMILES string of the molecule is Fc1cccc(N2c3ccc(F)cc3C3C=C(c4ccc5[nH]c6ccccc6c5c4)C=CC32)c1. The summed E-state index contributed by atoms with van der Waals surface area (Å²) >= 11 is 0. The highest BCUT2D eigenvalue weighted by Crippen LogP contribution is 2.49. The fraction of sp³-hybridized carbons (Fsp3) is 0.0667. The van der Waals surface area contributed by atoms with Crippen LogP contribution >= 0.6 is 0 Å². The fourth-order valence-electron chi connectivity index (χ4n) is 5.52. The van der Waals surface area contributed by atoms with E-state index in [0.717, 1.165) is 39.1 Å². The van der Waals surface area contributed by atoms with Crippen LogP contribution in [0, 0.1) is 11.6 Å². The monoisotopic (exact) mass is 446 g/mol. The average molecular weight is 447 g/mol. The summed E-state index contributed by atoms with van der Waals surface area (Å²) in [5.41, 5.74) is 7.05. The number of aromatic nitrogens is 1. The molecule has 1 aromatic heterocycles. The first kappa shape index (κ1) is 19.3. The quantitative estimate of drug-likeness (QED) is 0.292. The van der Waals surface area contributed by atoms with Crippen molar-refractivity contribution in [2.45, 2.75) is 12.0 Å². The number of benzene rings is 4. The van der Waals surface area contributed by atoms with Gasteiger partial charge in [-0.2, -0.15) is 0 Å². The second kappa shape index (κ2) is 7.16. The summed E-state index contributed by atoms with van der Waals surface area (Å²) in [5.74, 6) is -0.580. The molecule has 0 fully saturated rings. The number of fused-ring (bicyclic) bond motifs is 6. The molecule has 2 nitrogen and oxygen atoms in total. The van der Waals surface area contributed by atoms with E-state index in [-0.39, 0.29) is 23.6 Å². The van der Waals surface area contributed by atoms with E-state index in [2.05, 4.69) is 64.5 Å². The Labute approximate surface area is 195 Å². The molecule has 0 amide bonds. The minimum atomic E-state index is -0.285. The topological polar surface area (TPSA) is 19.0 Å². The van der Waals surface area contributed by atoms with E-state index < -0.39 is 0 Å². The minimum Gasteiger partial charge on any atom is -0.355 e. The Morgan fingerprint density at radius 2 is 1.59 bits per heavy atom. The molecule has 0 radical (unpaired) electrons. The van der Waals surface area contributed by atoms with Gasteiger partial charge in [0, 0.05) is 39.1 Å². The molecule has 34 heavy (non-hydrogen) atoms. The predicted molar refractivity (Wildman–Crippen MR) is 134 cm³/mol. The maximum Gasteiger partial charge on any atom is 0.125 e. The van der Waals surface area contributed by atoms with Crippen LogP contribution in [0.5, 0.6) is 0 Å². The van der Waals surface area contributed by atoms with Gasteiger partial charge in [-0.05, 0) is 71.3 Å². The van der Waals surface area contributed by atoms with Crippen molar-refractivity contribution in [3.63, 3.8) is 0 Å². The van der Waals surface area contributed by atoms with Gasteiger partial charge in [-0.3, -0.25) is 0 Å². The van der Waals surface area contributed by atoms with E-state index in [1.807, 2.05) is 12.1 Å². The van der Waals surface area contributed by atoms with Crippen LogP contribution in [0.2, 0.25) is 0 Å². The van der Waals surface area contributed by atoms with Crippen molar-refractivity contribution in [1.82, 2.24) is 4.98 Å². The highest BCUT2D eigenvalue weighted by molar-refractivity contribution is 6.08. The van der Waals surface area contributed by atoms with Gasteiger partial charge in [-0.25, -0.2) is 8.78 Å². The third kappa shape index (κ3) is 2.85. The Morgan fingerprint density at radius 1 is 0.735 bits per heavy atom. The molecular formula is C30H20F2N2. The number of halogens is 2. The fourth-order valence-corrected chi connectivity index (χ4v) is 5.52. The third-order valence-corrected chi connectivity index (χ3v) is 7.03. The summed E-state index contributed by atoms with van der Waals surface area (Å²) in [6, 6.07) is 26.2. The number of aromatic amines is 1. The Bertz CT molecular complexity index is 1660. The van der Waals surface area contributed by atoms with E-state index in [4.69, 9.17) is 0 Å². The maximum atomic E-state index is 14.3. The number of nitrogens with zero attached hydrogens (tertiary/aromatic N) is 1. The zero-order chi connectivity index (χ0) is 22.8. The van der Waals surface area contributed by atoms with Gasteiger partial charge in [0.25, 0.3) is 0 Å². The van der Waals surface area contributed by atoms with Crippen molar-refractivity contribution in [2.24, 2.45) is 0 Å². The lowest BCUT2D eigenvalue weighted by Gasteiger charge is -2.29. The van der Waals surface area contributed by atoms with Gasteiger partial charge >= 0.3 is 0 Å². The van der Waals surface area contributed by atoms with E-state index >= 15 is 0 Å². The van der Waals surface area contributed by atoms with Gasteiger partial charge in [0.15, 0.2) is 0 Å². The summed E-state index contributed by atoms with van der Waals surface area (Å²) in [5, 5.41) is 2.38. The molecule has 2 heterocycles. The molecule has 7 rings (SSSR count). The average Bonchev–Trinajstić information content (AvgIpc) is 3.38. The molecule has 4 heteroatoms. The summed E-state index contributed by atoms with van der Waals surface area (Å²) < 4.78 is 28.4. The zero-order valence-electron chi connectivity index (χ0n) is 18.2. The van der Waals surface area contributed by atoms with Crippen LogP contribution in [-0.2, 0) is 0 Å². The van der Waals surface area contributed by atoms with Gasteiger partial charge in [0.1, 0.15) is 11.6 Å². The third-order valence-electron chi connectivity index (χ3n) is 7.03. The lowest BCUT2D eigenvalue weighted by Crippen LogP contribution is -2.29. The molecule has 1 N–H and O–H groups in total. The number of rotatable bonds is 2. The number of nitrogens with one attached hydrogen (secondary N) is 1. The predicted octanol–water partition coefficient (Wildman–Crippen LogP) is 7.86. The molecule has 2 atom stereocenters. The molecule has 5 aromatic rings. The van der Waals surface area contributed by atoms with Gasteiger partial charge in [0.2, 0.25) is 0 Å². The van der Waals surface area contributed by atoms with Crippen molar-refractivity contribution in [2.75, 3.05) is 4.90 Å². The summed E-state index contributed by atoms with van der Waals surface area (Å²) in [6.07, 6.45) is 6.51. The molecule has 0 spiro atoms. The minimum absolute atomic E-state index is 0.0346. The smallest absolute Gasteiger partial charge is 0.125 e. The number of anilines is 2. The van der Waals surface area contributed by atoms with Crippen LogP contribution in [0.1, 0.15) is 17.0 Å². The second-order valence-corrected chi connectivity index (χ2v) is 8.98. The normalized spacial score (nSPS) is 18.9. The van der Waals surface area contributed by atoms with Crippen molar-refractivity contribution in [3.05, 3.63) is 126 Å². The van der Waals surface area contributed by atoms with Crippen molar-refractivity contribution < 1.29 is 8.78 Å². The first-order chi connectivity index (χ1) is 16.7. The van der Waals surface area contributed by atoms with Crippen LogP contribution in [0.4, 0.5) is 20.2 Å². The Hall–Kier alpha value is -4.18. The highest BCUT2D eigenvalue weighted by Gasteiger charge is 2.38. The first-order valence-electron chi connectivity index (χ1n) is 11.4. The van der Waals surface area contributed by atoms with Crippen molar-refractivity contribution in [3.8, 4) is 0 Å². The van der Waals surface area contributed by atoms with Crippen LogP contribution < -0.4 is 4.90 Å². The molecule has 0 saturated carbocycles. The lowest BCUT2D eigenvalue weighted by molar-refractivity contribution is 0.624. The number of hydrogen-bond acceptors (Lipinski definition) is 1. The van der Waals surface area contributed by atoms with Crippen molar-refractivity contribution >= 4 is 38.8 Å². The van der Waals surface area contributed by atoms with Gasteiger partial charge < -0.3 is 9.88 Å². The molecule has 0 saturated heterocycles. The standard InChI is InChI=1S/C30H20F2N2/c31-20-4-3-5-22(16-20)34-29-12-9-19(15-25(29)26-17-21(32)10-13-30(26)34)18-8-11-28-24(14-18)23-6-1-2-7-27(23)33-28/h1-17,25,29,33H. The van der Waals surface area contributed by atoms with Crippen molar-refractivity contribution in [1.29, 1.82) is 0 Å². The summed E-state index contributed by atoms with van der Waals surface area (Å²) in [7, 11) is 0.